The number of phenols is 1. The zero-order valence-corrected chi connectivity index (χ0v) is 15.6. The van der Waals surface area contributed by atoms with E-state index in [0.717, 1.165) is 42.6 Å². The number of hydrogen-bond donors (Lipinski definition) is 1. The summed E-state index contributed by atoms with van der Waals surface area (Å²) in [6.45, 7) is 5.30. The fourth-order valence-electron chi connectivity index (χ4n) is 3.94. The number of hydrogen-bond acceptors (Lipinski definition) is 5. The largest absolute Gasteiger partial charge is 0.504 e. The summed E-state index contributed by atoms with van der Waals surface area (Å²) >= 11 is 0. The lowest BCUT2D eigenvalue weighted by atomic mass is 10.0. The van der Waals surface area contributed by atoms with E-state index in [-0.39, 0.29) is 17.7 Å². The van der Waals surface area contributed by atoms with Crippen LogP contribution in [0.3, 0.4) is 0 Å². The maximum absolute atomic E-state index is 13.0. The highest BCUT2D eigenvalue weighted by Crippen LogP contribution is 2.37. The Hall–Kier alpha value is -2.60. The van der Waals surface area contributed by atoms with Crippen LogP contribution in [0.15, 0.2) is 36.7 Å². The van der Waals surface area contributed by atoms with Crippen molar-refractivity contribution in [2.75, 3.05) is 26.2 Å². The van der Waals surface area contributed by atoms with Crippen LogP contribution in [0.1, 0.15) is 25.3 Å². The molecule has 6 heteroatoms. The minimum absolute atomic E-state index is 0.105. The number of phenolic OH excluding ortho intramolecular Hbond substituents is 1. The van der Waals surface area contributed by atoms with Gasteiger partial charge in [0.05, 0.1) is 12.6 Å². The number of benzene rings is 1. The molecule has 6 nitrogen and oxygen atoms in total. The molecule has 0 bridgehead atoms. The SMILES string of the molecule is C[C@H](C(=O)N1CCOc2c(O)cc(-c3cccnc3)cc2C1)N1CCCC1. The van der Waals surface area contributed by atoms with Gasteiger partial charge in [0.15, 0.2) is 11.5 Å². The lowest BCUT2D eigenvalue weighted by Gasteiger charge is -2.29. The van der Waals surface area contributed by atoms with Crippen molar-refractivity contribution in [3.8, 4) is 22.6 Å². The molecule has 27 heavy (non-hydrogen) atoms. The predicted octanol–water partition coefficient (Wildman–Crippen LogP) is 2.66. The third-order valence-corrected chi connectivity index (χ3v) is 5.47. The minimum Gasteiger partial charge on any atom is -0.504 e. The summed E-state index contributed by atoms with van der Waals surface area (Å²) in [5.41, 5.74) is 2.61. The molecule has 0 unspecified atom stereocenters. The quantitative estimate of drug-likeness (QED) is 0.903. The Kier molecular flexibility index (Phi) is 4.99. The van der Waals surface area contributed by atoms with Crippen molar-refractivity contribution >= 4 is 5.91 Å². The fraction of sp³-hybridized carbons (Fsp3) is 0.429. The Morgan fingerprint density at radius 1 is 1.22 bits per heavy atom. The smallest absolute Gasteiger partial charge is 0.240 e. The molecule has 1 aromatic carbocycles. The molecule has 2 aliphatic heterocycles. The first-order chi connectivity index (χ1) is 13.1. The summed E-state index contributed by atoms with van der Waals surface area (Å²) in [7, 11) is 0. The summed E-state index contributed by atoms with van der Waals surface area (Å²) in [6.07, 6.45) is 5.80. The molecule has 3 heterocycles. The number of fused-ring (bicyclic) bond motifs is 1. The zero-order chi connectivity index (χ0) is 18.8. The van der Waals surface area contributed by atoms with E-state index in [1.807, 2.05) is 30.0 Å². The van der Waals surface area contributed by atoms with Gasteiger partial charge in [0.25, 0.3) is 0 Å². The maximum Gasteiger partial charge on any atom is 0.240 e. The first kappa shape index (κ1) is 17.8. The van der Waals surface area contributed by atoms with Gasteiger partial charge in [-0.2, -0.15) is 0 Å². The number of aromatic hydroxyl groups is 1. The van der Waals surface area contributed by atoms with Gasteiger partial charge in [-0.15, -0.1) is 0 Å². The number of nitrogens with zero attached hydrogens (tertiary/aromatic N) is 3. The van der Waals surface area contributed by atoms with Gasteiger partial charge in [-0.05, 0) is 56.6 Å². The van der Waals surface area contributed by atoms with Crippen LogP contribution in [0.4, 0.5) is 0 Å². The summed E-state index contributed by atoms with van der Waals surface area (Å²) < 4.78 is 5.78. The first-order valence-corrected chi connectivity index (χ1v) is 9.55. The maximum atomic E-state index is 13.0. The van der Waals surface area contributed by atoms with Gasteiger partial charge in [0.2, 0.25) is 5.91 Å². The first-order valence-electron chi connectivity index (χ1n) is 9.55. The standard InChI is InChI=1S/C21H25N3O3/c1-15(23-7-2-3-8-23)21(26)24-9-10-27-20-18(14-24)11-17(12-19(20)25)16-5-4-6-22-13-16/h4-6,11-13,15,25H,2-3,7-10,14H2,1H3/t15-/m1/s1. The van der Waals surface area contributed by atoms with Crippen molar-refractivity contribution in [1.29, 1.82) is 0 Å². The highest BCUT2D eigenvalue weighted by molar-refractivity contribution is 5.82. The van der Waals surface area contributed by atoms with Crippen LogP contribution >= 0.6 is 0 Å². The molecule has 1 amide bonds. The van der Waals surface area contributed by atoms with Crippen LogP contribution in [-0.2, 0) is 11.3 Å². The molecule has 1 atom stereocenters. The fourth-order valence-corrected chi connectivity index (χ4v) is 3.94. The van der Waals surface area contributed by atoms with E-state index in [9.17, 15) is 9.90 Å². The predicted molar refractivity (Wildman–Crippen MR) is 103 cm³/mol. The van der Waals surface area contributed by atoms with Gasteiger partial charge in [0, 0.05) is 30.1 Å². The second-order valence-corrected chi connectivity index (χ2v) is 7.25. The third-order valence-electron chi connectivity index (χ3n) is 5.47. The second kappa shape index (κ2) is 7.56. The van der Waals surface area contributed by atoms with Crippen molar-refractivity contribution in [1.82, 2.24) is 14.8 Å². The third kappa shape index (κ3) is 3.62. The van der Waals surface area contributed by atoms with Crippen molar-refractivity contribution < 1.29 is 14.6 Å². The minimum atomic E-state index is -0.121. The molecule has 1 fully saturated rings. The number of aromatic nitrogens is 1. The molecule has 0 aliphatic carbocycles. The van der Waals surface area contributed by atoms with Crippen LogP contribution in [0.5, 0.6) is 11.5 Å². The Morgan fingerprint density at radius 3 is 2.78 bits per heavy atom. The Labute approximate surface area is 159 Å². The van der Waals surface area contributed by atoms with Crippen LogP contribution in [0.25, 0.3) is 11.1 Å². The van der Waals surface area contributed by atoms with Gasteiger partial charge in [-0.1, -0.05) is 6.07 Å². The molecule has 2 aromatic rings. The number of ether oxygens (including phenoxy) is 1. The normalized spacial score (nSPS) is 18.5. The number of rotatable bonds is 3. The molecule has 0 radical (unpaired) electrons. The Balaban J connectivity index is 1.61. The Morgan fingerprint density at radius 2 is 2.04 bits per heavy atom. The Bertz CT molecular complexity index is 819. The highest BCUT2D eigenvalue weighted by atomic mass is 16.5. The van der Waals surface area contributed by atoms with Gasteiger partial charge < -0.3 is 14.7 Å². The van der Waals surface area contributed by atoms with E-state index in [2.05, 4.69) is 9.88 Å². The van der Waals surface area contributed by atoms with E-state index in [0.29, 0.717) is 25.4 Å². The average Bonchev–Trinajstić information content (AvgIpc) is 3.14. The highest BCUT2D eigenvalue weighted by Gasteiger charge is 2.30. The van der Waals surface area contributed by atoms with Crippen LogP contribution in [-0.4, -0.2) is 58.1 Å². The monoisotopic (exact) mass is 367 g/mol. The number of amides is 1. The van der Waals surface area contributed by atoms with Gasteiger partial charge in [-0.3, -0.25) is 14.7 Å². The lowest BCUT2D eigenvalue weighted by molar-refractivity contribution is -0.136. The van der Waals surface area contributed by atoms with E-state index in [1.165, 1.54) is 0 Å². The zero-order valence-electron chi connectivity index (χ0n) is 15.6. The molecule has 1 N–H and O–H groups in total. The summed E-state index contributed by atoms with van der Waals surface area (Å²) in [5.74, 6) is 0.708. The second-order valence-electron chi connectivity index (χ2n) is 7.25. The number of carbonyl (C=O) groups excluding carboxylic acids is 1. The number of carbonyl (C=O) groups is 1. The molecule has 4 rings (SSSR count). The van der Waals surface area contributed by atoms with Crippen molar-refractivity contribution in [3.05, 3.63) is 42.2 Å². The van der Waals surface area contributed by atoms with E-state index in [1.54, 1.807) is 18.5 Å². The molecule has 142 valence electrons. The molecular formula is C21H25N3O3. The van der Waals surface area contributed by atoms with Crippen molar-refractivity contribution in [2.45, 2.75) is 32.4 Å². The van der Waals surface area contributed by atoms with Gasteiger partial charge in [-0.25, -0.2) is 0 Å². The molecule has 1 aromatic heterocycles. The lowest BCUT2D eigenvalue weighted by Crippen LogP contribution is -2.46. The van der Waals surface area contributed by atoms with Gasteiger partial charge in [0.1, 0.15) is 6.61 Å². The molecular weight excluding hydrogens is 342 g/mol. The number of likely N-dealkylation sites (tertiary alicyclic amines) is 1. The van der Waals surface area contributed by atoms with E-state index >= 15 is 0 Å². The van der Waals surface area contributed by atoms with Crippen LogP contribution in [0.2, 0.25) is 0 Å². The molecule has 0 spiro atoms. The van der Waals surface area contributed by atoms with Crippen LogP contribution < -0.4 is 4.74 Å². The van der Waals surface area contributed by atoms with E-state index < -0.39 is 0 Å². The number of pyridine rings is 1. The van der Waals surface area contributed by atoms with Crippen molar-refractivity contribution in [3.63, 3.8) is 0 Å². The van der Waals surface area contributed by atoms with Crippen molar-refractivity contribution in [2.24, 2.45) is 0 Å². The average molecular weight is 367 g/mol. The summed E-state index contributed by atoms with van der Waals surface area (Å²) in [5, 5.41) is 10.5. The van der Waals surface area contributed by atoms with E-state index in [4.69, 9.17) is 4.74 Å². The summed E-state index contributed by atoms with van der Waals surface area (Å²) in [4.78, 5) is 21.3. The molecule has 1 saturated heterocycles. The topological polar surface area (TPSA) is 65.9 Å². The molecule has 2 aliphatic rings. The summed E-state index contributed by atoms with van der Waals surface area (Å²) in [6, 6.07) is 7.37. The van der Waals surface area contributed by atoms with Gasteiger partial charge >= 0.3 is 0 Å². The van der Waals surface area contributed by atoms with Crippen LogP contribution in [0, 0.1) is 0 Å². The molecule has 0 saturated carbocycles.